The van der Waals surface area contributed by atoms with Crippen LogP contribution in [0.25, 0.3) is 0 Å². The number of halogens is 1. The monoisotopic (exact) mass is 561 g/mol. The first kappa shape index (κ1) is 31.1. The van der Waals surface area contributed by atoms with Crippen molar-refractivity contribution in [3.05, 3.63) is 34.4 Å². The molecule has 1 aromatic rings. The summed E-state index contributed by atoms with van der Waals surface area (Å²) < 4.78 is 0. The summed E-state index contributed by atoms with van der Waals surface area (Å²) >= 11 is 0. The van der Waals surface area contributed by atoms with Crippen molar-refractivity contribution in [1.29, 1.82) is 0 Å². The summed E-state index contributed by atoms with van der Waals surface area (Å²) in [4.78, 5) is 10.9. The number of hydrogen-bond acceptors (Lipinski definition) is 4. The van der Waals surface area contributed by atoms with Crippen molar-refractivity contribution in [3.63, 3.8) is 0 Å². The van der Waals surface area contributed by atoms with Crippen LogP contribution in [0.1, 0.15) is 111 Å². The fourth-order valence-corrected chi connectivity index (χ4v) is 4.18. The molecular formula is C26H48IN3O2. The third kappa shape index (κ3) is 13.0. The largest absolute Gasteiger partial charge is 0.378 e. The number of benzene rings is 1. The van der Waals surface area contributed by atoms with Crippen LogP contribution >= 0.6 is 24.0 Å². The van der Waals surface area contributed by atoms with Crippen molar-refractivity contribution in [1.82, 2.24) is 5.32 Å². The SMILES string of the molecule is CCCCCCCCCCCCCCNC(CC)(CC)CNc1ccccc1[N+](=O)[O-].I. The number of anilines is 1. The van der Waals surface area contributed by atoms with Crippen molar-refractivity contribution >= 4 is 35.4 Å². The van der Waals surface area contributed by atoms with E-state index in [1.807, 2.05) is 6.07 Å². The van der Waals surface area contributed by atoms with Crippen LogP contribution in [0.3, 0.4) is 0 Å². The summed E-state index contributed by atoms with van der Waals surface area (Å²) in [7, 11) is 0. The number of nitro benzene ring substituents is 1. The summed E-state index contributed by atoms with van der Waals surface area (Å²) in [5, 5.41) is 18.3. The Bertz CT molecular complexity index is 594. The molecular weight excluding hydrogens is 513 g/mol. The van der Waals surface area contributed by atoms with E-state index in [2.05, 4.69) is 31.4 Å². The van der Waals surface area contributed by atoms with E-state index in [9.17, 15) is 10.1 Å². The van der Waals surface area contributed by atoms with Crippen molar-refractivity contribution in [2.75, 3.05) is 18.4 Å². The number of rotatable bonds is 20. The van der Waals surface area contributed by atoms with E-state index in [1.54, 1.807) is 18.2 Å². The first-order valence-electron chi connectivity index (χ1n) is 12.8. The van der Waals surface area contributed by atoms with Gasteiger partial charge in [-0.25, -0.2) is 0 Å². The average molecular weight is 562 g/mol. The highest BCUT2D eigenvalue weighted by molar-refractivity contribution is 14.0. The predicted octanol–water partition coefficient (Wildman–Crippen LogP) is 8.47. The van der Waals surface area contributed by atoms with Crippen LogP contribution < -0.4 is 10.6 Å². The van der Waals surface area contributed by atoms with Gasteiger partial charge in [0.15, 0.2) is 0 Å². The van der Waals surface area contributed by atoms with Gasteiger partial charge in [0.2, 0.25) is 0 Å². The third-order valence-corrected chi connectivity index (χ3v) is 6.60. The average Bonchev–Trinajstić information content (AvgIpc) is 2.79. The van der Waals surface area contributed by atoms with Crippen molar-refractivity contribution in [3.8, 4) is 0 Å². The van der Waals surface area contributed by atoms with Gasteiger partial charge in [-0.1, -0.05) is 104 Å². The number of nitro groups is 1. The Morgan fingerprint density at radius 1 is 0.812 bits per heavy atom. The highest BCUT2D eigenvalue weighted by Crippen LogP contribution is 2.25. The minimum absolute atomic E-state index is 0. The molecule has 186 valence electrons. The second-order valence-corrected chi connectivity index (χ2v) is 8.93. The number of unbranched alkanes of at least 4 members (excludes halogenated alkanes) is 11. The van der Waals surface area contributed by atoms with E-state index in [4.69, 9.17) is 0 Å². The molecule has 0 bridgehead atoms. The molecule has 0 atom stereocenters. The summed E-state index contributed by atoms with van der Waals surface area (Å²) in [6, 6.07) is 6.90. The lowest BCUT2D eigenvalue weighted by molar-refractivity contribution is -0.384. The van der Waals surface area contributed by atoms with Crippen molar-refractivity contribution < 1.29 is 4.92 Å². The molecule has 0 spiro atoms. The standard InChI is InChI=1S/C26H47N3O2.HI/c1-4-7-8-9-10-11-12-13-14-15-16-19-22-28-26(5-2,6-3)23-27-24-20-17-18-21-25(24)29(30)31;/h17-18,20-21,27-28H,4-16,19,22-23H2,1-3H3;1H. The Kier molecular flexibility index (Phi) is 19.0. The van der Waals surface area contributed by atoms with Gasteiger partial charge >= 0.3 is 0 Å². The van der Waals surface area contributed by atoms with Gasteiger partial charge in [-0.3, -0.25) is 10.1 Å². The minimum Gasteiger partial charge on any atom is -0.378 e. The molecule has 0 fully saturated rings. The number of nitrogens with zero attached hydrogens (tertiary/aromatic N) is 1. The Labute approximate surface area is 214 Å². The molecule has 0 amide bonds. The van der Waals surface area contributed by atoms with Crippen LogP contribution in [-0.2, 0) is 0 Å². The fraction of sp³-hybridized carbons (Fsp3) is 0.769. The Morgan fingerprint density at radius 3 is 1.81 bits per heavy atom. The first-order valence-corrected chi connectivity index (χ1v) is 12.8. The van der Waals surface area contributed by atoms with Crippen LogP contribution in [0.4, 0.5) is 11.4 Å². The molecule has 5 nitrogen and oxygen atoms in total. The molecule has 1 rings (SSSR count). The molecule has 1 aromatic carbocycles. The molecule has 0 aliphatic rings. The van der Waals surface area contributed by atoms with Gasteiger partial charge < -0.3 is 10.6 Å². The second kappa shape index (κ2) is 19.6. The first-order chi connectivity index (χ1) is 15.1. The molecule has 0 saturated carbocycles. The lowest BCUT2D eigenvalue weighted by Gasteiger charge is -2.34. The Morgan fingerprint density at radius 2 is 1.31 bits per heavy atom. The molecule has 6 heteroatoms. The van der Waals surface area contributed by atoms with Gasteiger partial charge in [0.1, 0.15) is 5.69 Å². The summed E-state index contributed by atoms with van der Waals surface area (Å²) in [6.07, 6.45) is 18.3. The maximum atomic E-state index is 11.2. The van der Waals surface area contributed by atoms with E-state index < -0.39 is 0 Å². The van der Waals surface area contributed by atoms with Gasteiger partial charge in [-0.05, 0) is 31.9 Å². The minimum atomic E-state index is -0.318. The molecule has 0 unspecified atom stereocenters. The van der Waals surface area contributed by atoms with Crippen molar-refractivity contribution in [2.24, 2.45) is 0 Å². The van der Waals surface area contributed by atoms with Crippen LogP contribution in [0.15, 0.2) is 24.3 Å². The van der Waals surface area contributed by atoms with E-state index >= 15 is 0 Å². The Balaban J connectivity index is 0.00000961. The predicted molar refractivity (Wildman–Crippen MR) is 149 cm³/mol. The van der Waals surface area contributed by atoms with Crippen LogP contribution in [0.2, 0.25) is 0 Å². The molecule has 0 radical (unpaired) electrons. The second-order valence-electron chi connectivity index (χ2n) is 8.93. The summed E-state index contributed by atoms with van der Waals surface area (Å²) in [5.41, 5.74) is 0.720. The fourth-order valence-electron chi connectivity index (χ4n) is 4.18. The molecule has 0 aliphatic carbocycles. The molecule has 0 saturated heterocycles. The number of hydrogen-bond donors (Lipinski definition) is 2. The summed E-state index contributed by atoms with van der Waals surface area (Å²) in [6.45, 7) is 8.37. The third-order valence-electron chi connectivity index (χ3n) is 6.60. The van der Waals surface area contributed by atoms with Crippen LogP contribution in [0, 0.1) is 10.1 Å². The summed E-state index contributed by atoms with van der Waals surface area (Å²) in [5.74, 6) is 0. The quantitative estimate of drug-likeness (QED) is 0.0725. The van der Waals surface area contributed by atoms with Crippen LogP contribution in [0.5, 0.6) is 0 Å². The molecule has 0 heterocycles. The van der Waals surface area contributed by atoms with Gasteiger partial charge in [0, 0.05) is 18.2 Å². The maximum absolute atomic E-state index is 11.2. The molecule has 32 heavy (non-hydrogen) atoms. The topological polar surface area (TPSA) is 67.2 Å². The normalized spacial score (nSPS) is 11.2. The lowest BCUT2D eigenvalue weighted by Crippen LogP contribution is -2.50. The zero-order chi connectivity index (χ0) is 22.8. The van der Waals surface area contributed by atoms with E-state index in [0.717, 1.165) is 19.4 Å². The number of nitrogens with one attached hydrogen (secondary N) is 2. The van der Waals surface area contributed by atoms with Gasteiger partial charge in [0.05, 0.1) is 4.92 Å². The lowest BCUT2D eigenvalue weighted by atomic mass is 9.92. The Hall–Kier alpha value is -0.890. The molecule has 2 N–H and O–H groups in total. The van der Waals surface area contributed by atoms with Gasteiger partial charge in [0.25, 0.3) is 5.69 Å². The van der Waals surface area contributed by atoms with Crippen LogP contribution in [-0.4, -0.2) is 23.6 Å². The maximum Gasteiger partial charge on any atom is 0.292 e. The van der Waals surface area contributed by atoms with Gasteiger partial charge in [-0.15, -0.1) is 24.0 Å². The van der Waals surface area contributed by atoms with E-state index in [0.29, 0.717) is 12.2 Å². The van der Waals surface area contributed by atoms with E-state index in [-0.39, 0.29) is 40.1 Å². The van der Waals surface area contributed by atoms with Crippen molar-refractivity contribution in [2.45, 2.75) is 116 Å². The highest BCUT2D eigenvalue weighted by atomic mass is 127. The number of para-hydroxylation sites is 2. The zero-order valence-corrected chi connectivity index (χ0v) is 23.1. The molecule has 0 aliphatic heterocycles. The highest BCUT2D eigenvalue weighted by Gasteiger charge is 2.26. The van der Waals surface area contributed by atoms with Gasteiger partial charge in [-0.2, -0.15) is 0 Å². The van der Waals surface area contributed by atoms with E-state index in [1.165, 1.54) is 77.0 Å². The molecule has 0 aromatic heterocycles. The smallest absolute Gasteiger partial charge is 0.292 e. The zero-order valence-electron chi connectivity index (χ0n) is 20.8.